The minimum absolute atomic E-state index is 0.0914. The molecule has 0 bridgehead atoms. The lowest BCUT2D eigenvalue weighted by molar-refractivity contribution is -0.123. The predicted octanol–water partition coefficient (Wildman–Crippen LogP) is 3.10. The fourth-order valence-electron chi connectivity index (χ4n) is 2.17. The topological polar surface area (TPSA) is 84.5 Å². The van der Waals surface area contributed by atoms with Gasteiger partial charge in [0.25, 0.3) is 15.9 Å². The summed E-state index contributed by atoms with van der Waals surface area (Å²) in [5.74, 6) is -0.628. The van der Waals surface area contributed by atoms with Gasteiger partial charge in [0, 0.05) is 5.56 Å². The van der Waals surface area contributed by atoms with Crippen LogP contribution in [0.2, 0.25) is 0 Å². The Morgan fingerprint density at radius 3 is 2.30 bits per heavy atom. The molecule has 2 N–H and O–H groups in total. The third-order valence-electron chi connectivity index (χ3n) is 3.48. The Bertz CT molecular complexity index is 926. The molecular weight excluding hydrogens is 385 g/mol. The second-order valence-corrected chi connectivity index (χ2v) is 7.31. The zero-order valence-electron chi connectivity index (χ0n) is 14.4. The molecule has 0 atom stereocenters. The summed E-state index contributed by atoms with van der Waals surface area (Å²) in [6, 6.07) is 9.49. The van der Waals surface area contributed by atoms with Crippen molar-refractivity contribution in [2.75, 3.05) is 18.4 Å². The minimum atomic E-state index is -4.53. The van der Waals surface area contributed by atoms with Crippen molar-refractivity contribution < 1.29 is 31.1 Å². The molecule has 10 heteroatoms. The molecule has 6 nitrogen and oxygen atoms in total. The van der Waals surface area contributed by atoms with E-state index in [9.17, 15) is 26.4 Å². The van der Waals surface area contributed by atoms with Crippen molar-refractivity contribution in [1.82, 2.24) is 5.32 Å². The summed E-state index contributed by atoms with van der Waals surface area (Å²) in [4.78, 5) is 11.5. The first-order chi connectivity index (χ1) is 12.5. The summed E-state index contributed by atoms with van der Waals surface area (Å²) in [5, 5.41) is 1.71. The maximum absolute atomic E-state index is 12.5. The van der Waals surface area contributed by atoms with E-state index in [2.05, 4.69) is 4.72 Å². The van der Waals surface area contributed by atoms with E-state index < -0.39 is 28.7 Å². The SMILES string of the molecule is COc1ccc(C)cc1NS(=O)(=O)c1ccc(C(=O)NCC(F)(F)F)cc1. The molecule has 2 aromatic carbocycles. The first kappa shape index (κ1) is 20.6. The van der Waals surface area contributed by atoms with Gasteiger partial charge in [0.05, 0.1) is 17.7 Å². The van der Waals surface area contributed by atoms with Gasteiger partial charge in [0.2, 0.25) is 0 Å². The van der Waals surface area contributed by atoms with Crippen molar-refractivity contribution in [3.8, 4) is 5.75 Å². The Labute approximate surface area is 154 Å². The number of methoxy groups -OCH3 is 1. The van der Waals surface area contributed by atoms with Crippen LogP contribution in [0, 0.1) is 6.92 Å². The highest BCUT2D eigenvalue weighted by Crippen LogP contribution is 2.27. The number of amides is 1. The number of rotatable bonds is 6. The van der Waals surface area contributed by atoms with E-state index in [1.165, 1.54) is 7.11 Å². The number of alkyl halides is 3. The lowest BCUT2D eigenvalue weighted by Crippen LogP contribution is -2.33. The third kappa shape index (κ3) is 5.61. The Hall–Kier alpha value is -2.75. The van der Waals surface area contributed by atoms with Crippen molar-refractivity contribution in [3.63, 3.8) is 0 Å². The van der Waals surface area contributed by atoms with Crippen LogP contribution in [0.5, 0.6) is 5.75 Å². The zero-order valence-corrected chi connectivity index (χ0v) is 15.2. The highest BCUT2D eigenvalue weighted by Gasteiger charge is 2.28. The van der Waals surface area contributed by atoms with Crippen molar-refractivity contribution in [3.05, 3.63) is 53.6 Å². The Morgan fingerprint density at radius 1 is 1.11 bits per heavy atom. The molecule has 0 aliphatic carbocycles. The van der Waals surface area contributed by atoms with Crippen LogP contribution in [0.1, 0.15) is 15.9 Å². The lowest BCUT2D eigenvalue weighted by Gasteiger charge is -2.13. The van der Waals surface area contributed by atoms with Gasteiger partial charge in [0.15, 0.2) is 0 Å². The molecule has 0 radical (unpaired) electrons. The average molecular weight is 402 g/mol. The van der Waals surface area contributed by atoms with Gasteiger partial charge in [-0.15, -0.1) is 0 Å². The molecule has 2 rings (SSSR count). The number of sulfonamides is 1. The quantitative estimate of drug-likeness (QED) is 0.778. The Kier molecular flexibility index (Phi) is 5.99. The summed E-state index contributed by atoms with van der Waals surface area (Å²) in [7, 11) is -2.58. The largest absolute Gasteiger partial charge is 0.495 e. The Morgan fingerprint density at radius 2 is 1.74 bits per heavy atom. The number of carbonyl (C=O) groups is 1. The van der Waals surface area contributed by atoms with Crippen LogP contribution in [0.4, 0.5) is 18.9 Å². The molecule has 0 spiro atoms. The van der Waals surface area contributed by atoms with Crippen molar-refractivity contribution >= 4 is 21.6 Å². The number of carbonyl (C=O) groups excluding carboxylic acids is 1. The highest BCUT2D eigenvalue weighted by atomic mass is 32.2. The molecule has 0 heterocycles. The van der Waals surface area contributed by atoms with Crippen LogP contribution >= 0.6 is 0 Å². The van der Waals surface area contributed by atoms with Gasteiger partial charge >= 0.3 is 6.18 Å². The molecule has 2 aromatic rings. The van der Waals surface area contributed by atoms with E-state index in [1.54, 1.807) is 30.4 Å². The van der Waals surface area contributed by atoms with Gasteiger partial charge in [-0.2, -0.15) is 13.2 Å². The first-order valence-corrected chi connectivity index (χ1v) is 9.12. The number of anilines is 1. The van der Waals surface area contributed by atoms with Crippen molar-refractivity contribution in [2.24, 2.45) is 0 Å². The number of benzene rings is 2. The van der Waals surface area contributed by atoms with Gasteiger partial charge < -0.3 is 10.1 Å². The second kappa shape index (κ2) is 7.87. The first-order valence-electron chi connectivity index (χ1n) is 7.64. The lowest BCUT2D eigenvalue weighted by atomic mass is 10.2. The van der Waals surface area contributed by atoms with Crippen LogP contribution in [0.15, 0.2) is 47.4 Å². The smallest absolute Gasteiger partial charge is 0.405 e. The minimum Gasteiger partial charge on any atom is -0.495 e. The summed E-state index contributed by atoms with van der Waals surface area (Å²) < 4.78 is 68.9. The predicted molar refractivity (Wildman–Crippen MR) is 93.4 cm³/mol. The number of ether oxygens (including phenoxy) is 1. The van der Waals surface area contributed by atoms with Gasteiger partial charge in [-0.1, -0.05) is 6.07 Å². The van der Waals surface area contributed by atoms with Gasteiger partial charge in [-0.3, -0.25) is 9.52 Å². The van der Waals surface area contributed by atoms with Gasteiger partial charge in [0.1, 0.15) is 12.3 Å². The molecule has 0 aliphatic heterocycles. The number of hydrogen-bond donors (Lipinski definition) is 2. The van der Waals surface area contributed by atoms with Crippen molar-refractivity contribution in [2.45, 2.75) is 18.0 Å². The zero-order chi connectivity index (χ0) is 20.2. The summed E-state index contributed by atoms with van der Waals surface area (Å²) in [6.45, 7) is 0.312. The fourth-order valence-corrected chi connectivity index (χ4v) is 3.23. The molecule has 0 aliphatic rings. The van der Waals surface area contributed by atoms with Gasteiger partial charge in [-0.05, 0) is 48.9 Å². The maximum Gasteiger partial charge on any atom is 0.405 e. The number of hydrogen-bond acceptors (Lipinski definition) is 4. The molecule has 1 amide bonds. The molecular formula is C17H17F3N2O4S. The van der Waals surface area contributed by atoms with Crippen molar-refractivity contribution in [1.29, 1.82) is 0 Å². The van der Waals surface area contributed by atoms with Crippen LogP contribution in [-0.4, -0.2) is 34.2 Å². The molecule has 0 fully saturated rings. The van der Waals surface area contributed by atoms with E-state index in [4.69, 9.17) is 4.74 Å². The van der Waals surface area contributed by atoms with E-state index in [0.29, 0.717) is 5.75 Å². The van der Waals surface area contributed by atoms with E-state index in [0.717, 1.165) is 29.8 Å². The standard InChI is InChI=1S/C17H17F3N2O4S/c1-11-3-8-15(26-2)14(9-11)22-27(24,25)13-6-4-12(5-7-13)16(23)21-10-17(18,19)20/h3-9,22H,10H2,1-2H3,(H,21,23). The summed E-state index contributed by atoms with van der Waals surface area (Å²) in [5.41, 5.74) is 0.959. The molecule has 0 aromatic heterocycles. The average Bonchev–Trinajstić information content (AvgIpc) is 2.59. The van der Waals surface area contributed by atoms with Crippen LogP contribution < -0.4 is 14.8 Å². The Balaban J connectivity index is 2.18. The van der Waals surface area contributed by atoms with E-state index >= 15 is 0 Å². The number of aryl methyl sites for hydroxylation is 1. The highest BCUT2D eigenvalue weighted by molar-refractivity contribution is 7.92. The molecule has 27 heavy (non-hydrogen) atoms. The van der Waals surface area contributed by atoms with Crippen LogP contribution in [0.3, 0.4) is 0 Å². The maximum atomic E-state index is 12.5. The number of nitrogens with one attached hydrogen (secondary N) is 2. The monoisotopic (exact) mass is 402 g/mol. The van der Waals surface area contributed by atoms with Crippen LogP contribution in [-0.2, 0) is 10.0 Å². The van der Waals surface area contributed by atoms with Gasteiger partial charge in [-0.25, -0.2) is 8.42 Å². The summed E-state index contributed by atoms with van der Waals surface area (Å²) in [6.07, 6.45) is -4.53. The molecule has 146 valence electrons. The fraction of sp³-hybridized carbons (Fsp3) is 0.235. The third-order valence-corrected chi connectivity index (χ3v) is 4.86. The van der Waals surface area contributed by atoms with E-state index in [-0.39, 0.29) is 16.1 Å². The summed E-state index contributed by atoms with van der Waals surface area (Å²) >= 11 is 0. The molecule has 0 saturated carbocycles. The second-order valence-electron chi connectivity index (χ2n) is 5.63. The molecule has 0 saturated heterocycles. The normalized spacial score (nSPS) is 11.7. The number of halogens is 3. The molecule has 0 unspecified atom stereocenters. The van der Waals surface area contributed by atoms with E-state index in [1.807, 2.05) is 0 Å². The van der Waals surface area contributed by atoms with Crippen LogP contribution in [0.25, 0.3) is 0 Å².